The van der Waals surface area contributed by atoms with Crippen molar-refractivity contribution in [1.29, 1.82) is 0 Å². The van der Waals surface area contributed by atoms with Crippen molar-refractivity contribution in [2.45, 2.75) is 6.42 Å². The van der Waals surface area contributed by atoms with E-state index in [4.69, 9.17) is 5.11 Å². The summed E-state index contributed by atoms with van der Waals surface area (Å²) < 4.78 is 24.5. The molecule has 2 rings (SSSR count). The van der Waals surface area contributed by atoms with Crippen LogP contribution in [0.25, 0.3) is 0 Å². The van der Waals surface area contributed by atoms with Crippen molar-refractivity contribution in [3.8, 4) is 0 Å². The van der Waals surface area contributed by atoms with Crippen molar-refractivity contribution in [3.63, 3.8) is 0 Å². The van der Waals surface area contributed by atoms with E-state index in [2.05, 4.69) is 0 Å². The fraction of sp³-hybridized carbons (Fsp3) is 0.357. The third-order valence-electron chi connectivity index (χ3n) is 3.49. The summed E-state index contributed by atoms with van der Waals surface area (Å²) in [6.45, 7) is -0.665. The minimum atomic E-state index is -3.75. The van der Waals surface area contributed by atoms with E-state index in [1.807, 2.05) is 0 Å². The predicted octanol–water partition coefficient (Wildman–Crippen LogP) is 0.0189. The summed E-state index contributed by atoms with van der Waals surface area (Å²) in [5.41, 5.74) is 0.617. The van der Waals surface area contributed by atoms with Crippen LogP contribution in [0.4, 0.5) is 0 Å². The van der Waals surface area contributed by atoms with E-state index in [1.54, 1.807) is 24.3 Å². The maximum atomic E-state index is 12.1. The summed E-state index contributed by atoms with van der Waals surface area (Å²) in [5, 5.41) is 8.61. The lowest BCUT2D eigenvalue weighted by Gasteiger charge is -2.17. The highest BCUT2D eigenvalue weighted by Crippen LogP contribution is 2.22. The lowest BCUT2D eigenvalue weighted by atomic mass is 10.1. The van der Waals surface area contributed by atoms with Crippen LogP contribution in [0, 0.1) is 0 Å². The molecule has 2 amide bonds. The molecule has 0 atom stereocenters. The average molecular weight is 340 g/mol. The van der Waals surface area contributed by atoms with Crippen molar-refractivity contribution in [2.75, 3.05) is 25.9 Å². The summed E-state index contributed by atoms with van der Waals surface area (Å²) in [6.07, 6.45) is 0.0394. The highest BCUT2D eigenvalue weighted by Gasteiger charge is 2.34. The summed E-state index contributed by atoms with van der Waals surface area (Å²) in [6, 6.07) is 6.40. The van der Waals surface area contributed by atoms with Crippen LogP contribution in [-0.2, 0) is 14.8 Å². The molecule has 1 aliphatic rings. The molecule has 1 N–H and O–H groups in total. The summed E-state index contributed by atoms with van der Waals surface area (Å²) in [5.74, 6) is -2.48. The first-order valence-corrected chi connectivity index (χ1v) is 8.46. The number of nitrogens with zero attached hydrogens (tertiary/aromatic N) is 2. The maximum Gasteiger partial charge on any atom is 0.318 e. The van der Waals surface area contributed by atoms with Gasteiger partial charge >= 0.3 is 5.97 Å². The van der Waals surface area contributed by atoms with Crippen molar-refractivity contribution in [2.24, 2.45) is 0 Å². The number of carboxylic acids is 1. The van der Waals surface area contributed by atoms with E-state index in [0.29, 0.717) is 11.1 Å². The first-order valence-electron chi connectivity index (χ1n) is 6.85. The normalized spacial score (nSPS) is 14.4. The van der Waals surface area contributed by atoms with E-state index < -0.39 is 34.4 Å². The number of carboxylic acid groups (broad SMARTS) is 1. The van der Waals surface area contributed by atoms with Crippen molar-refractivity contribution >= 4 is 27.8 Å². The van der Waals surface area contributed by atoms with Gasteiger partial charge in [0.15, 0.2) is 0 Å². The van der Waals surface area contributed by atoms with E-state index in [9.17, 15) is 22.8 Å². The second-order valence-electron chi connectivity index (χ2n) is 5.13. The summed E-state index contributed by atoms with van der Waals surface area (Å²) in [4.78, 5) is 35.8. The molecule has 1 aliphatic heterocycles. The number of imide groups is 1. The Morgan fingerprint density at radius 3 is 2.17 bits per heavy atom. The molecule has 9 heteroatoms. The van der Waals surface area contributed by atoms with Gasteiger partial charge in [-0.15, -0.1) is 0 Å². The van der Waals surface area contributed by atoms with E-state index in [-0.39, 0.29) is 18.7 Å². The van der Waals surface area contributed by atoms with Crippen LogP contribution >= 0.6 is 0 Å². The molecule has 124 valence electrons. The van der Waals surface area contributed by atoms with Crippen molar-refractivity contribution in [1.82, 2.24) is 9.21 Å². The molecular formula is C14H16N2O6S. The molecule has 0 aliphatic carbocycles. The number of likely N-dealkylation sites (N-methyl/N-ethyl adjacent to an activating group) is 1. The minimum Gasteiger partial charge on any atom is -0.480 e. The van der Waals surface area contributed by atoms with Gasteiger partial charge in [-0.1, -0.05) is 12.1 Å². The number of amides is 2. The van der Waals surface area contributed by atoms with Crippen LogP contribution in [0.5, 0.6) is 0 Å². The molecule has 8 nitrogen and oxygen atoms in total. The second-order valence-corrected chi connectivity index (χ2v) is 7.32. The van der Waals surface area contributed by atoms with Crippen molar-refractivity contribution in [3.05, 3.63) is 35.4 Å². The number of sulfonamides is 1. The molecule has 0 aromatic heterocycles. The molecule has 0 radical (unpaired) electrons. The molecule has 0 spiro atoms. The number of fused-ring (bicyclic) bond motifs is 1. The van der Waals surface area contributed by atoms with Gasteiger partial charge in [-0.05, 0) is 18.6 Å². The van der Waals surface area contributed by atoms with Gasteiger partial charge in [-0.3, -0.25) is 19.3 Å². The van der Waals surface area contributed by atoms with Crippen LogP contribution in [-0.4, -0.2) is 66.4 Å². The Morgan fingerprint density at radius 2 is 1.70 bits per heavy atom. The maximum absolute atomic E-state index is 12.1. The Labute approximate surface area is 133 Å². The quantitative estimate of drug-likeness (QED) is 0.700. The number of hydrogen-bond acceptors (Lipinski definition) is 5. The van der Waals surface area contributed by atoms with E-state index in [1.165, 1.54) is 7.05 Å². The zero-order chi connectivity index (χ0) is 17.2. The molecule has 1 aromatic carbocycles. The smallest absolute Gasteiger partial charge is 0.318 e. The Bertz CT molecular complexity index is 723. The van der Waals surface area contributed by atoms with Crippen LogP contribution in [0.2, 0.25) is 0 Å². The van der Waals surface area contributed by atoms with Gasteiger partial charge in [0.05, 0.1) is 16.9 Å². The van der Waals surface area contributed by atoms with Gasteiger partial charge < -0.3 is 5.11 Å². The topological polar surface area (TPSA) is 112 Å². The number of rotatable bonds is 7. The largest absolute Gasteiger partial charge is 0.480 e. The molecule has 1 aromatic rings. The molecule has 0 unspecified atom stereocenters. The number of carbonyl (C=O) groups is 3. The van der Waals surface area contributed by atoms with Crippen LogP contribution in [0.1, 0.15) is 27.1 Å². The first-order chi connectivity index (χ1) is 10.7. The average Bonchev–Trinajstić information content (AvgIpc) is 2.72. The zero-order valence-electron chi connectivity index (χ0n) is 12.4. The highest BCUT2D eigenvalue weighted by atomic mass is 32.2. The standard InChI is InChI=1S/C14H16N2O6S/c1-15(9-12(17)18)23(21,22)8-4-7-16-13(19)10-5-2-3-6-11(10)14(16)20/h2-3,5-6H,4,7-9H2,1H3,(H,17,18). The summed E-state index contributed by atoms with van der Waals surface area (Å²) >= 11 is 0. The van der Waals surface area contributed by atoms with Crippen LogP contribution in [0.15, 0.2) is 24.3 Å². The Morgan fingerprint density at radius 1 is 1.17 bits per heavy atom. The van der Waals surface area contributed by atoms with E-state index in [0.717, 1.165) is 9.21 Å². The van der Waals surface area contributed by atoms with Crippen LogP contribution in [0.3, 0.4) is 0 Å². The number of benzene rings is 1. The Kier molecular flexibility index (Phi) is 4.81. The molecule has 1 heterocycles. The Hall–Kier alpha value is -2.26. The zero-order valence-corrected chi connectivity index (χ0v) is 13.2. The van der Waals surface area contributed by atoms with Gasteiger partial charge in [0.2, 0.25) is 10.0 Å². The molecule has 0 bridgehead atoms. The SMILES string of the molecule is CN(CC(=O)O)S(=O)(=O)CCCN1C(=O)c2ccccc2C1=O. The molecule has 0 saturated carbocycles. The highest BCUT2D eigenvalue weighted by molar-refractivity contribution is 7.89. The number of hydrogen-bond donors (Lipinski definition) is 1. The van der Waals surface area contributed by atoms with Crippen molar-refractivity contribution < 1.29 is 27.9 Å². The molecule has 23 heavy (non-hydrogen) atoms. The lowest BCUT2D eigenvalue weighted by Crippen LogP contribution is -2.36. The summed E-state index contributed by atoms with van der Waals surface area (Å²) in [7, 11) is -2.57. The Balaban J connectivity index is 1.97. The number of aliphatic carboxylic acids is 1. The molecule has 0 saturated heterocycles. The van der Waals surface area contributed by atoms with Gasteiger partial charge in [0.1, 0.15) is 6.54 Å². The van der Waals surface area contributed by atoms with Gasteiger partial charge in [-0.25, -0.2) is 8.42 Å². The first kappa shape index (κ1) is 17.1. The van der Waals surface area contributed by atoms with Crippen LogP contribution < -0.4 is 0 Å². The predicted molar refractivity (Wildman–Crippen MR) is 80.5 cm³/mol. The van der Waals surface area contributed by atoms with Gasteiger partial charge in [0.25, 0.3) is 11.8 Å². The van der Waals surface area contributed by atoms with Gasteiger partial charge in [-0.2, -0.15) is 4.31 Å². The fourth-order valence-electron chi connectivity index (χ4n) is 2.29. The fourth-order valence-corrected chi connectivity index (χ4v) is 3.40. The second kappa shape index (κ2) is 6.47. The minimum absolute atomic E-state index is 0.0352. The van der Waals surface area contributed by atoms with Gasteiger partial charge in [0, 0.05) is 13.6 Å². The van der Waals surface area contributed by atoms with E-state index >= 15 is 0 Å². The molecule has 0 fully saturated rings. The molecular weight excluding hydrogens is 324 g/mol. The lowest BCUT2D eigenvalue weighted by molar-refractivity contribution is -0.137. The number of carbonyl (C=O) groups excluding carboxylic acids is 2. The third kappa shape index (κ3) is 3.57. The monoisotopic (exact) mass is 340 g/mol. The third-order valence-corrected chi connectivity index (χ3v) is 5.38.